The molecule has 128 valence electrons. The minimum absolute atomic E-state index is 0.204. The van der Waals surface area contributed by atoms with Gasteiger partial charge in [0.15, 0.2) is 0 Å². The first kappa shape index (κ1) is 17.7. The molecule has 1 heterocycles. The number of ether oxygens (including phenoxy) is 1. The summed E-state index contributed by atoms with van der Waals surface area (Å²) in [6.45, 7) is 1.99. The van der Waals surface area contributed by atoms with Gasteiger partial charge in [-0.25, -0.2) is 9.78 Å². The lowest BCUT2D eigenvalue weighted by Gasteiger charge is -2.11. The summed E-state index contributed by atoms with van der Waals surface area (Å²) >= 11 is 13.2. The summed E-state index contributed by atoms with van der Waals surface area (Å²) in [7, 11) is 0. The molecule has 25 heavy (non-hydrogen) atoms. The second kappa shape index (κ2) is 7.44. The molecule has 0 radical (unpaired) electrons. The van der Waals surface area contributed by atoms with Crippen molar-refractivity contribution in [1.82, 2.24) is 4.98 Å². The van der Waals surface area contributed by atoms with Gasteiger partial charge in [0.1, 0.15) is 22.2 Å². The third-order valence-electron chi connectivity index (χ3n) is 3.45. The molecule has 0 spiro atoms. The molecule has 0 saturated heterocycles. The predicted octanol–water partition coefficient (Wildman–Crippen LogP) is 5.70. The highest BCUT2D eigenvalue weighted by Crippen LogP contribution is 2.36. The Bertz CT molecular complexity index is 940. The van der Waals surface area contributed by atoms with E-state index in [-0.39, 0.29) is 4.88 Å². The summed E-state index contributed by atoms with van der Waals surface area (Å²) in [6.07, 6.45) is 0. The van der Waals surface area contributed by atoms with Crippen molar-refractivity contribution in [2.45, 2.75) is 13.5 Å². The first-order valence-corrected chi connectivity index (χ1v) is 8.89. The van der Waals surface area contributed by atoms with Crippen LogP contribution in [0.1, 0.15) is 20.9 Å². The van der Waals surface area contributed by atoms with Crippen LogP contribution in [0.15, 0.2) is 42.5 Å². The van der Waals surface area contributed by atoms with Crippen LogP contribution in [-0.4, -0.2) is 16.1 Å². The van der Waals surface area contributed by atoms with Gasteiger partial charge in [-0.2, -0.15) is 0 Å². The second-order valence-corrected chi connectivity index (χ2v) is 7.17. The fraction of sp³-hybridized carbons (Fsp3) is 0.111. The number of carbonyl (C=O) groups is 1. The van der Waals surface area contributed by atoms with Crippen LogP contribution in [0.2, 0.25) is 10.0 Å². The van der Waals surface area contributed by atoms with Gasteiger partial charge in [0, 0.05) is 10.0 Å². The lowest BCUT2D eigenvalue weighted by atomic mass is 10.2. The van der Waals surface area contributed by atoms with Crippen LogP contribution in [0, 0.1) is 6.92 Å². The van der Waals surface area contributed by atoms with Gasteiger partial charge in [0.2, 0.25) is 0 Å². The average molecular weight is 394 g/mol. The monoisotopic (exact) mass is 393 g/mol. The Morgan fingerprint density at radius 1 is 1.20 bits per heavy atom. The van der Waals surface area contributed by atoms with Crippen molar-refractivity contribution in [1.29, 1.82) is 0 Å². The third-order valence-corrected chi connectivity index (χ3v) is 5.10. The van der Waals surface area contributed by atoms with Crippen molar-refractivity contribution in [3.8, 4) is 16.3 Å². The van der Waals surface area contributed by atoms with Crippen LogP contribution in [0.5, 0.6) is 5.75 Å². The lowest BCUT2D eigenvalue weighted by Crippen LogP contribution is -1.97. The molecule has 0 aliphatic heterocycles. The minimum Gasteiger partial charge on any atom is -0.488 e. The topological polar surface area (TPSA) is 59.4 Å². The average Bonchev–Trinajstić information content (AvgIpc) is 2.96. The van der Waals surface area contributed by atoms with E-state index < -0.39 is 5.97 Å². The van der Waals surface area contributed by atoms with Crippen molar-refractivity contribution in [2.24, 2.45) is 0 Å². The molecule has 4 nitrogen and oxygen atoms in total. The maximum absolute atomic E-state index is 11.3. The molecule has 1 aromatic heterocycles. The Kier molecular flexibility index (Phi) is 5.27. The molecule has 0 aliphatic carbocycles. The van der Waals surface area contributed by atoms with Crippen LogP contribution in [0.3, 0.4) is 0 Å². The summed E-state index contributed by atoms with van der Waals surface area (Å²) in [6, 6.07) is 12.6. The van der Waals surface area contributed by atoms with Gasteiger partial charge in [-0.3, -0.25) is 0 Å². The highest BCUT2D eigenvalue weighted by molar-refractivity contribution is 7.17. The molecule has 1 N–H and O–H groups in total. The zero-order chi connectivity index (χ0) is 18.0. The second-order valence-electron chi connectivity index (χ2n) is 5.30. The van der Waals surface area contributed by atoms with E-state index in [1.165, 1.54) is 0 Å². The molecule has 3 aromatic rings. The summed E-state index contributed by atoms with van der Waals surface area (Å²) < 4.78 is 5.90. The number of benzene rings is 2. The number of carboxylic acid groups (broad SMARTS) is 1. The quantitative estimate of drug-likeness (QED) is 0.603. The molecule has 0 unspecified atom stereocenters. The highest BCUT2D eigenvalue weighted by atomic mass is 35.5. The van der Waals surface area contributed by atoms with Crippen molar-refractivity contribution < 1.29 is 14.6 Å². The van der Waals surface area contributed by atoms with Crippen molar-refractivity contribution >= 4 is 40.5 Å². The molecule has 7 heteroatoms. The molecule has 0 saturated carbocycles. The van der Waals surface area contributed by atoms with Crippen LogP contribution in [0.4, 0.5) is 0 Å². The van der Waals surface area contributed by atoms with E-state index in [9.17, 15) is 9.90 Å². The van der Waals surface area contributed by atoms with Gasteiger partial charge < -0.3 is 9.84 Å². The molecular weight excluding hydrogens is 381 g/mol. The number of rotatable bonds is 5. The number of halogens is 2. The van der Waals surface area contributed by atoms with Crippen molar-refractivity contribution in [3.63, 3.8) is 0 Å². The largest absolute Gasteiger partial charge is 0.488 e. The van der Waals surface area contributed by atoms with Gasteiger partial charge in [-0.1, -0.05) is 35.3 Å². The Hall–Kier alpha value is -2.08. The van der Waals surface area contributed by atoms with E-state index in [4.69, 9.17) is 27.9 Å². The lowest BCUT2D eigenvalue weighted by molar-refractivity contribution is 0.0701. The van der Waals surface area contributed by atoms with Gasteiger partial charge >= 0.3 is 5.97 Å². The Balaban J connectivity index is 1.93. The molecule has 3 rings (SSSR count). The first-order chi connectivity index (χ1) is 11.9. The van der Waals surface area contributed by atoms with E-state index >= 15 is 0 Å². The van der Waals surface area contributed by atoms with Gasteiger partial charge in [0.05, 0.1) is 11.3 Å². The predicted molar refractivity (Wildman–Crippen MR) is 100 cm³/mol. The number of aryl methyl sites for hydroxylation is 1. The third kappa shape index (κ3) is 4.12. The standard InChI is InChI=1S/C18H13Cl2NO3S/c1-10-16(18(22)23)25-17(21-10)14-8-13(20)5-6-15(14)24-9-11-3-2-4-12(19)7-11/h2-8H,9H2,1H3,(H,22,23). The molecule has 0 atom stereocenters. The number of hydrogen-bond acceptors (Lipinski definition) is 4. The van der Waals surface area contributed by atoms with E-state index in [0.717, 1.165) is 16.9 Å². The maximum atomic E-state index is 11.3. The van der Waals surface area contributed by atoms with Crippen LogP contribution >= 0.6 is 34.5 Å². The fourth-order valence-corrected chi connectivity index (χ4v) is 3.60. The zero-order valence-electron chi connectivity index (χ0n) is 13.1. The van der Waals surface area contributed by atoms with E-state index in [1.54, 1.807) is 31.2 Å². The van der Waals surface area contributed by atoms with Crippen molar-refractivity contribution in [2.75, 3.05) is 0 Å². The molecule has 0 aliphatic rings. The Morgan fingerprint density at radius 2 is 1.96 bits per heavy atom. The molecular formula is C18H13Cl2NO3S. The van der Waals surface area contributed by atoms with E-state index in [1.807, 2.05) is 18.2 Å². The normalized spacial score (nSPS) is 10.7. The zero-order valence-corrected chi connectivity index (χ0v) is 15.5. The molecule has 0 amide bonds. The molecule has 2 aromatic carbocycles. The van der Waals surface area contributed by atoms with E-state index in [0.29, 0.717) is 38.7 Å². The number of aromatic carboxylic acids is 1. The summed E-state index contributed by atoms with van der Waals surface area (Å²) in [5.41, 5.74) is 2.05. The van der Waals surface area contributed by atoms with Crippen LogP contribution in [-0.2, 0) is 6.61 Å². The summed E-state index contributed by atoms with van der Waals surface area (Å²) in [4.78, 5) is 15.8. The fourth-order valence-electron chi connectivity index (χ4n) is 2.29. The first-order valence-electron chi connectivity index (χ1n) is 7.32. The summed E-state index contributed by atoms with van der Waals surface area (Å²) in [5, 5.41) is 10.9. The van der Waals surface area contributed by atoms with E-state index in [2.05, 4.69) is 4.98 Å². The molecule has 0 bridgehead atoms. The highest BCUT2D eigenvalue weighted by Gasteiger charge is 2.18. The number of hydrogen-bond donors (Lipinski definition) is 1. The van der Waals surface area contributed by atoms with Gasteiger partial charge in [0.25, 0.3) is 0 Å². The Labute approximate surface area is 158 Å². The number of nitrogens with zero attached hydrogens (tertiary/aromatic N) is 1. The van der Waals surface area contributed by atoms with Crippen LogP contribution in [0.25, 0.3) is 10.6 Å². The molecule has 0 fully saturated rings. The van der Waals surface area contributed by atoms with Gasteiger partial charge in [-0.05, 0) is 42.8 Å². The SMILES string of the molecule is Cc1nc(-c2cc(Cl)ccc2OCc2cccc(Cl)c2)sc1C(=O)O. The minimum atomic E-state index is -0.996. The van der Waals surface area contributed by atoms with Crippen molar-refractivity contribution in [3.05, 3.63) is 68.6 Å². The summed E-state index contributed by atoms with van der Waals surface area (Å²) in [5.74, 6) is -0.417. The maximum Gasteiger partial charge on any atom is 0.347 e. The number of thiazole rings is 1. The Morgan fingerprint density at radius 3 is 2.64 bits per heavy atom. The van der Waals surface area contributed by atoms with Gasteiger partial charge in [-0.15, -0.1) is 11.3 Å². The number of carboxylic acids is 1. The smallest absolute Gasteiger partial charge is 0.347 e. The number of aromatic nitrogens is 1. The van der Waals surface area contributed by atoms with Crippen LogP contribution < -0.4 is 4.74 Å².